The first-order valence-corrected chi connectivity index (χ1v) is 10.4. The van der Waals surface area contributed by atoms with Crippen molar-refractivity contribution < 1.29 is 18.0 Å². The fourth-order valence-electron chi connectivity index (χ4n) is 3.73. The van der Waals surface area contributed by atoms with Crippen molar-refractivity contribution in [3.05, 3.63) is 29.3 Å². The van der Waals surface area contributed by atoms with Crippen molar-refractivity contribution in [1.29, 1.82) is 5.26 Å². The van der Waals surface area contributed by atoms with Crippen LogP contribution in [0.25, 0.3) is 0 Å². The zero-order valence-electron chi connectivity index (χ0n) is 15.9. The Kier molecular flexibility index (Phi) is 5.98. The van der Waals surface area contributed by atoms with Crippen molar-refractivity contribution >= 4 is 23.5 Å². The van der Waals surface area contributed by atoms with Gasteiger partial charge in [-0.25, -0.2) is 4.79 Å². The monoisotopic (exact) mass is 412 g/mol. The molecule has 5 nitrogen and oxygen atoms in total. The number of halogens is 3. The number of benzene rings is 1. The molecular formula is C19H23F3N4OS. The second-order valence-corrected chi connectivity index (χ2v) is 8.45. The highest BCUT2D eigenvalue weighted by Crippen LogP contribution is 2.35. The van der Waals surface area contributed by atoms with E-state index in [9.17, 15) is 18.0 Å². The Hall–Kier alpha value is -2.08. The molecule has 1 aromatic rings. The van der Waals surface area contributed by atoms with Crippen LogP contribution in [0.3, 0.4) is 0 Å². The summed E-state index contributed by atoms with van der Waals surface area (Å²) in [5.74, 6) is 1.86. The zero-order valence-corrected chi connectivity index (χ0v) is 16.7. The molecule has 0 bridgehead atoms. The summed E-state index contributed by atoms with van der Waals surface area (Å²) in [5.41, 5.74) is -0.877. The Balaban J connectivity index is 1.79. The molecule has 2 aliphatic heterocycles. The minimum Gasteiger partial charge on any atom is -0.365 e. The third-order valence-electron chi connectivity index (χ3n) is 5.27. The van der Waals surface area contributed by atoms with Crippen LogP contribution < -0.4 is 4.90 Å². The molecule has 2 saturated heterocycles. The lowest BCUT2D eigenvalue weighted by molar-refractivity contribution is -0.137. The molecule has 0 aliphatic carbocycles. The van der Waals surface area contributed by atoms with Crippen molar-refractivity contribution in [3.63, 3.8) is 0 Å². The van der Waals surface area contributed by atoms with Gasteiger partial charge in [-0.3, -0.25) is 0 Å². The number of hydrogen-bond acceptors (Lipinski definition) is 4. The summed E-state index contributed by atoms with van der Waals surface area (Å²) in [4.78, 5) is 18.4. The van der Waals surface area contributed by atoms with E-state index in [0.29, 0.717) is 18.8 Å². The molecule has 2 unspecified atom stereocenters. The molecule has 2 amide bonds. The van der Waals surface area contributed by atoms with Crippen LogP contribution in [0.2, 0.25) is 0 Å². The van der Waals surface area contributed by atoms with Crippen molar-refractivity contribution in [2.75, 3.05) is 42.6 Å². The maximum absolute atomic E-state index is 13.3. The molecule has 0 saturated carbocycles. The van der Waals surface area contributed by atoms with Gasteiger partial charge in [0.15, 0.2) is 0 Å². The van der Waals surface area contributed by atoms with E-state index in [1.165, 1.54) is 6.07 Å². The highest BCUT2D eigenvalue weighted by Gasteiger charge is 2.37. The maximum Gasteiger partial charge on any atom is 0.417 e. The maximum atomic E-state index is 13.3. The highest BCUT2D eigenvalue weighted by atomic mass is 32.2. The lowest BCUT2D eigenvalue weighted by atomic mass is 10.0. The molecule has 0 aromatic heterocycles. The first kappa shape index (κ1) is 20.6. The number of piperazine rings is 1. The number of amides is 2. The molecule has 2 atom stereocenters. The van der Waals surface area contributed by atoms with Crippen molar-refractivity contribution in [1.82, 2.24) is 9.80 Å². The SMILES string of the molecule is CC1CN(c2ccc(C#N)c(C(F)(F)F)c2)C(C)CN1C(=O)N1CCSCC1. The van der Waals surface area contributed by atoms with Gasteiger partial charge in [0.05, 0.1) is 17.2 Å². The van der Waals surface area contributed by atoms with Crippen LogP contribution in [0.4, 0.5) is 23.7 Å². The number of alkyl halides is 3. The van der Waals surface area contributed by atoms with Gasteiger partial charge in [-0.05, 0) is 32.0 Å². The fraction of sp³-hybridized carbons (Fsp3) is 0.579. The van der Waals surface area contributed by atoms with E-state index in [1.54, 1.807) is 12.1 Å². The molecule has 2 aliphatic rings. The molecule has 152 valence electrons. The van der Waals surface area contributed by atoms with Gasteiger partial charge >= 0.3 is 12.2 Å². The average Bonchev–Trinajstić information content (AvgIpc) is 2.68. The van der Waals surface area contributed by atoms with E-state index in [1.807, 2.05) is 40.3 Å². The Bertz CT molecular complexity index is 773. The lowest BCUT2D eigenvalue weighted by Crippen LogP contribution is -2.61. The number of anilines is 1. The van der Waals surface area contributed by atoms with Crippen molar-refractivity contribution in [2.45, 2.75) is 32.1 Å². The second kappa shape index (κ2) is 8.11. The van der Waals surface area contributed by atoms with Gasteiger partial charge in [0.25, 0.3) is 0 Å². The summed E-state index contributed by atoms with van der Waals surface area (Å²) in [6.07, 6.45) is -4.58. The molecule has 0 spiro atoms. The standard InChI is InChI=1S/C19H23F3N4OS/c1-13-12-26(18(27)24-5-7-28-8-6-24)14(2)11-25(13)16-4-3-15(10-23)17(9-16)19(20,21)22/h3-4,9,13-14H,5-8,11-12H2,1-2H3. The van der Waals surface area contributed by atoms with Crippen molar-refractivity contribution in [3.8, 4) is 6.07 Å². The highest BCUT2D eigenvalue weighted by molar-refractivity contribution is 7.99. The van der Waals surface area contributed by atoms with E-state index >= 15 is 0 Å². The van der Waals surface area contributed by atoms with Gasteiger partial charge in [0.1, 0.15) is 0 Å². The first-order chi connectivity index (χ1) is 13.2. The first-order valence-electron chi connectivity index (χ1n) is 9.23. The van der Waals surface area contributed by atoms with Gasteiger partial charge in [-0.2, -0.15) is 30.2 Å². The zero-order chi connectivity index (χ0) is 20.5. The van der Waals surface area contributed by atoms with Crippen LogP contribution in [0.5, 0.6) is 0 Å². The number of thioether (sulfide) groups is 1. The van der Waals surface area contributed by atoms with Gasteiger partial charge in [0.2, 0.25) is 0 Å². The van der Waals surface area contributed by atoms with E-state index in [-0.39, 0.29) is 23.7 Å². The molecule has 28 heavy (non-hydrogen) atoms. The molecule has 9 heteroatoms. The molecule has 0 N–H and O–H groups in total. The minimum absolute atomic E-state index is 0.00936. The summed E-state index contributed by atoms with van der Waals surface area (Å²) in [5, 5.41) is 8.98. The number of carbonyl (C=O) groups is 1. The molecule has 0 radical (unpaired) electrons. The summed E-state index contributed by atoms with van der Waals surface area (Å²) in [6, 6.07) is 5.18. The Morgan fingerprint density at radius 3 is 2.46 bits per heavy atom. The van der Waals surface area contributed by atoms with Crippen LogP contribution >= 0.6 is 11.8 Å². The number of urea groups is 1. The largest absolute Gasteiger partial charge is 0.417 e. The Morgan fingerprint density at radius 2 is 1.86 bits per heavy atom. The van der Waals surface area contributed by atoms with Crippen LogP contribution in [0.15, 0.2) is 18.2 Å². The molecule has 3 rings (SSSR count). The van der Waals surface area contributed by atoms with Gasteiger partial charge < -0.3 is 14.7 Å². The summed E-state index contributed by atoms with van der Waals surface area (Å²) < 4.78 is 39.9. The topological polar surface area (TPSA) is 50.6 Å². The van der Waals surface area contributed by atoms with Gasteiger partial charge in [-0.1, -0.05) is 0 Å². The second-order valence-electron chi connectivity index (χ2n) is 7.22. The van der Waals surface area contributed by atoms with E-state index in [0.717, 1.165) is 30.7 Å². The molecule has 2 fully saturated rings. The molecular weight excluding hydrogens is 389 g/mol. The Labute approximate surface area is 167 Å². The number of carbonyl (C=O) groups excluding carboxylic acids is 1. The normalized spacial score (nSPS) is 23.5. The van der Waals surface area contributed by atoms with E-state index in [2.05, 4.69) is 0 Å². The smallest absolute Gasteiger partial charge is 0.365 e. The van der Waals surface area contributed by atoms with Crippen molar-refractivity contribution in [2.24, 2.45) is 0 Å². The summed E-state index contributed by atoms with van der Waals surface area (Å²) in [7, 11) is 0. The number of nitriles is 1. The summed E-state index contributed by atoms with van der Waals surface area (Å²) >= 11 is 1.83. The lowest BCUT2D eigenvalue weighted by Gasteiger charge is -2.47. The average molecular weight is 412 g/mol. The van der Waals surface area contributed by atoms with Gasteiger partial charge in [0, 0.05) is 55.5 Å². The Morgan fingerprint density at radius 1 is 1.18 bits per heavy atom. The fourth-order valence-corrected chi connectivity index (χ4v) is 4.64. The van der Waals surface area contributed by atoms with E-state index < -0.39 is 11.7 Å². The molecule has 2 heterocycles. The quantitative estimate of drug-likeness (QED) is 0.707. The minimum atomic E-state index is -4.58. The predicted molar refractivity (Wildman–Crippen MR) is 103 cm³/mol. The third kappa shape index (κ3) is 4.17. The predicted octanol–water partition coefficient (Wildman–Crippen LogP) is 3.64. The van der Waals surface area contributed by atoms with Crippen LogP contribution in [-0.2, 0) is 6.18 Å². The third-order valence-corrected chi connectivity index (χ3v) is 6.22. The van der Waals surface area contributed by atoms with Crippen LogP contribution in [0.1, 0.15) is 25.0 Å². The summed E-state index contributed by atoms with van der Waals surface area (Å²) in [6.45, 7) is 6.18. The number of rotatable bonds is 1. The number of hydrogen-bond donors (Lipinski definition) is 0. The van der Waals surface area contributed by atoms with Crippen LogP contribution in [0, 0.1) is 11.3 Å². The van der Waals surface area contributed by atoms with Crippen LogP contribution in [-0.4, -0.2) is 65.6 Å². The van der Waals surface area contributed by atoms with Gasteiger partial charge in [-0.15, -0.1) is 0 Å². The molecule has 1 aromatic carbocycles. The van der Waals surface area contributed by atoms with E-state index in [4.69, 9.17) is 5.26 Å². The number of nitrogens with zero attached hydrogens (tertiary/aromatic N) is 4.